The molecule has 0 aliphatic rings. The molecule has 0 saturated carbocycles. The zero-order valence-corrected chi connectivity index (χ0v) is 7.13. The van der Waals surface area contributed by atoms with Crippen molar-refractivity contribution in [3.05, 3.63) is 29.9 Å². The SMILES string of the molecule is C/C=C(\C)c1nccc(C)n1. The van der Waals surface area contributed by atoms with Crippen molar-refractivity contribution in [2.75, 3.05) is 0 Å². The molecule has 0 fully saturated rings. The summed E-state index contributed by atoms with van der Waals surface area (Å²) in [5.41, 5.74) is 2.13. The molecule has 0 aliphatic heterocycles. The molecule has 58 valence electrons. The van der Waals surface area contributed by atoms with E-state index in [1.165, 1.54) is 0 Å². The maximum atomic E-state index is 4.26. The number of rotatable bonds is 1. The van der Waals surface area contributed by atoms with E-state index in [0.717, 1.165) is 17.1 Å². The molecule has 1 heterocycles. The van der Waals surface area contributed by atoms with Crippen LogP contribution in [0.5, 0.6) is 0 Å². The Hall–Kier alpha value is -1.18. The third-order valence-electron chi connectivity index (χ3n) is 1.58. The van der Waals surface area contributed by atoms with Gasteiger partial charge in [0.25, 0.3) is 0 Å². The van der Waals surface area contributed by atoms with E-state index in [2.05, 4.69) is 9.97 Å². The van der Waals surface area contributed by atoms with Gasteiger partial charge in [-0.25, -0.2) is 9.97 Å². The van der Waals surface area contributed by atoms with Gasteiger partial charge in [0.05, 0.1) is 0 Å². The van der Waals surface area contributed by atoms with Crippen LogP contribution in [0.25, 0.3) is 5.57 Å². The van der Waals surface area contributed by atoms with Gasteiger partial charge in [0.1, 0.15) is 0 Å². The normalized spacial score (nSPS) is 11.7. The van der Waals surface area contributed by atoms with E-state index < -0.39 is 0 Å². The van der Waals surface area contributed by atoms with Gasteiger partial charge >= 0.3 is 0 Å². The molecule has 0 radical (unpaired) electrons. The van der Waals surface area contributed by atoms with Gasteiger partial charge < -0.3 is 0 Å². The monoisotopic (exact) mass is 148 g/mol. The minimum Gasteiger partial charge on any atom is -0.237 e. The lowest BCUT2D eigenvalue weighted by atomic mass is 10.2. The van der Waals surface area contributed by atoms with Crippen LogP contribution in [-0.2, 0) is 0 Å². The number of allylic oxidation sites excluding steroid dienone is 2. The fraction of sp³-hybridized carbons (Fsp3) is 0.333. The predicted molar refractivity (Wildman–Crippen MR) is 46.1 cm³/mol. The minimum atomic E-state index is 0.826. The second kappa shape index (κ2) is 3.28. The molecule has 0 aliphatic carbocycles. The molecule has 0 spiro atoms. The molecule has 11 heavy (non-hydrogen) atoms. The van der Waals surface area contributed by atoms with Crippen molar-refractivity contribution < 1.29 is 0 Å². The summed E-state index contributed by atoms with van der Waals surface area (Å²) in [5.74, 6) is 0.826. The summed E-state index contributed by atoms with van der Waals surface area (Å²) >= 11 is 0. The van der Waals surface area contributed by atoms with Gasteiger partial charge in [-0.2, -0.15) is 0 Å². The highest BCUT2D eigenvalue weighted by atomic mass is 14.9. The summed E-state index contributed by atoms with van der Waals surface area (Å²) in [4.78, 5) is 8.40. The van der Waals surface area contributed by atoms with E-state index in [9.17, 15) is 0 Å². The van der Waals surface area contributed by atoms with E-state index in [1.54, 1.807) is 6.20 Å². The summed E-state index contributed by atoms with van der Waals surface area (Å²) < 4.78 is 0. The first-order chi connectivity index (χ1) is 5.24. The van der Waals surface area contributed by atoms with Gasteiger partial charge in [-0.15, -0.1) is 0 Å². The average Bonchev–Trinajstić information content (AvgIpc) is 2.03. The van der Waals surface area contributed by atoms with Crippen LogP contribution in [0.4, 0.5) is 0 Å². The molecule has 0 saturated heterocycles. The van der Waals surface area contributed by atoms with Crippen LogP contribution in [0, 0.1) is 6.92 Å². The zero-order chi connectivity index (χ0) is 8.27. The van der Waals surface area contributed by atoms with Crippen LogP contribution in [-0.4, -0.2) is 9.97 Å². The first-order valence-electron chi connectivity index (χ1n) is 3.67. The Bertz CT molecular complexity index is 277. The molecule has 0 bridgehead atoms. The van der Waals surface area contributed by atoms with Gasteiger partial charge in [0, 0.05) is 11.9 Å². The largest absolute Gasteiger partial charge is 0.237 e. The van der Waals surface area contributed by atoms with Crippen molar-refractivity contribution in [3.8, 4) is 0 Å². The van der Waals surface area contributed by atoms with Gasteiger partial charge in [-0.3, -0.25) is 0 Å². The second-order valence-corrected chi connectivity index (χ2v) is 2.49. The van der Waals surface area contributed by atoms with Crippen molar-refractivity contribution in [3.63, 3.8) is 0 Å². The Morgan fingerprint density at radius 2 is 2.27 bits per heavy atom. The molecule has 0 aromatic carbocycles. The van der Waals surface area contributed by atoms with Crippen molar-refractivity contribution in [2.45, 2.75) is 20.8 Å². The highest BCUT2D eigenvalue weighted by molar-refractivity contribution is 5.56. The fourth-order valence-corrected chi connectivity index (χ4v) is 0.768. The smallest absolute Gasteiger partial charge is 0.154 e. The molecule has 2 heteroatoms. The number of aromatic nitrogens is 2. The maximum absolute atomic E-state index is 4.26. The molecule has 1 rings (SSSR count). The maximum Gasteiger partial charge on any atom is 0.154 e. The van der Waals surface area contributed by atoms with Crippen LogP contribution in [0.1, 0.15) is 25.4 Å². The third kappa shape index (κ3) is 1.87. The molecule has 1 aromatic rings. The van der Waals surface area contributed by atoms with Crippen LogP contribution in [0.2, 0.25) is 0 Å². The first kappa shape index (κ1) is 7.92. The number of aryl methyl sites for hydroxylation is 1. The van der Waals surface area contributed by atoms with E-state index in [0.29, 0.717) is 0 Å². The Morgan fingerprint density at radius 1 is 1.55 bits per heavy atom. The Labute approximate surface area is 67.0 Å². The molecule has 0 atom stereocenters. The summed E-state index contributed by atoms with van der Waals surface area (Å²) in [5, 5.41) is 0. The molecule has 0 N–H and O–H groups in total. The highest BCUT2D eigenvalue weighted by Crippen LogP contribution is 2.06. The molecule has 2 nitrogen and oxygen atoms in total. The van der Waals surface area contributed by atoms with E-state index in [4.69, 9.17) is 0 Å². The lowest BCUT2D eigenvalue weighted by molar-refractivity contribution is 1.06. The van der Waals surface area contributed by atoms with Crippen LogP contribution < -0.4 is 0 Å². The molecular weight excluding hydrogens is 136 g/mol. The number of nitrogens with zero attached hydrogens (tertiary/aromatic N) is 2. The highest BCUT2D eigenvalue weighted by Gasteiger charge is 1.95. The van der Waals surface area contributed by atoms with Crippen molar-refractivity contribution in [1.82, 2.24) is 9.97 Å². The summed E-state index contributed by atoms with van der Waals surface area (Å²) in [7, 11) is 0. The lowest BCUT2D eigenvalue weighted by Gasteiger charge is -1.98. The number of hydrogen-bond donors (Lipinski definition) is 0. The molecule has 0 unspecified atom stereocenters. The van der Waals surface area contributed by atoms with E-state index >= 15 is 0 Å². The van der Waals surface area contributed by atoms with Gasteiger partial charge in [0.15, 0.2) is 5.82 Å². The third-order valence-corrected chi connectivity index (χ3v) is 1.58. The second-order valence-electron chi connectivity index (χ2n) is 2.49. The van der Waals surface area contributed by atoms with Crippen LogP contribution >= 0.6 is 0 Å². The topological polar surface area (TPSA) is 25.8 Å². The summed E-state index contributed by atoms with van der Waals surface area (Å²) in [6.45, 7) is 5.96. The standard InChI is InChI=1S/C9H12N2/c1-4-7(2)9-10-6-5-8(3)11-9/h4-6H,1-3H3/b7-4+. The first-order valence-corrected chi connectivity index (χ1v) is 3.67. The molecular formula is C9H12N2. The van der Waals surface area contributed by atoms with Crippen LogP contribution in [0.15, 0.2) is 18.3 Å². The Balaban J connectivity index is 3.06. The predicted octanol–water partition coefficient (Wildman–Crippen LogP) is 2.21. The van der Waals surface area contributed by atoms with Gasteiger partial charge in [-0.05, 0) is 32.4 Å². The quantitative estimate of drug-likeness (QED) is 0.610. The van der Waals surface area contributed by atoms with Crippen molar-refractivity contribution >= 4 is 5.57 Å². The van der Waals surface area contributed by atoms with Crippen molar-refractivity contribution in [2.24, 2.45) is 0 Å². The summed E-state index contributed by atoms with van der Waals surface area (Å²) in [6, 6.07) is 1.90. The van der Waals surface area contributed by atoms with Gasteiger partial charge in [-0.1, -0.05) is 6.08 Å². The van der Waals surface area contributed by atoms with Crippen molar-refractivity contribution in [1.29, 1.82) is 0 Å². The zero-order valence-electron chi connectivity index (χ0n) is 7.13. The fourth-order valence-electron chi connectivity index (χ4n) is 0.768. The Morgan fingerprint density at radius 3 is 2.82 bits per heavy atom. The minimum absolute atomic E-state index is 0.826. The van der Waals surface area contributed by atoms with Gasteiger partial charge in [0.2, 0.25) is 0 Å². The van der Waals surface area contributed by atoms with E-state index in [-0.39, 0.29) is 0 Å². The number of hydrogen-bond acceptors (Lipinski definition) is 2. The Kier molecular flexibility index (Phi) is 2.36. The average molecular weight is 148 g/mol. The van der Waals surface area contributed by atoms with Crippen LogP contribution in [0.3, 0.4) is 0 Å². The summed E-state index contributed by atoms with van der Waals surface area (Å²) in [6.07, 6.45) is 3.79. The molecule has 1 aromatic heterocycles. The van der Waals surface area contributed by atoms with E-state index in [1.807, 2.05) is 32.9 Å². The lowest BCUT2D eigenvalue weighted by Crippen LogP contribution is -1.92. The molecule has 0 amide bonds.